The zero-order valence-corrected chi connectivity index (χ0v) is 11.0. The average Bonchev–Trinajstić information content (AvgIpc) is 2.51. The molecule has 1 rings (SSSR count). The monoisotopic (exact) mass is 213 g/mol. The molecule has 0 radical (unpaired) electrons. The molecule has 1 heterocycles. The van der Waals surface area contributed by atoms with Crippen molar-refractivity contribution in [3.05, 3.63) is 0 Å². The maximum Gasteiger partial charge on any atom is 0.0768 e. The first-order valence-electron chi connectivity index (χ1n) is 6.27. The first-order valence-corrected chi connectivity index (χ1v) is 6.27. The van der Waals surface area contributed by atoms with E-state index in [9.17, 15) is 5.11 Å². The van der Waals surface area contributed by atoms with Crippen molar-refractivity contribution in [3.8, 4) is 0 Å². The second-order valence-corrected chi connectivity index (χ2v) is 6.04. The van der Waals surface area contributed by atoms with Gasteiger partial charge in [-0.3, -0.25) is 0 Å². The van der Waals surface area contributed by atoms with Crippen LogP contribution in [0.15, 0.2) is 0 Å². The summed E-state index contributed by atoms with van der Waals surface area (Å²) in [6, 6.07) is 0. The lowest BCUT2D eigenvalue weighted by molar-refractivity contribution is -0.0147. The highest BCUT2D eigenvalue weighted by atomic mass is 16.3. The third-order valence-electron chi connectivity index (χ3n) is 4.04. The first-order chi connectivity index (χ1) is 6.83. The predicted octanol–water partition coefficient (Wildman–Crippen LogP) is 2.37. The van der Waals surface area contributed by atoms with Crippen molar-refractivity contribution in [2.24, 2.45) is 17.8 Å². The molecule has 2 heteroatoms. The molecule has 0 saturated carbocycles. The van der Waals surface area contributed by atoms with Crippen molar-refractivity contribution in [1.29, 1.82) is 0 Å². The van der Waals surface area contributed by atoms with Crippen LogP contribution in [0.4, 0.5) is 0 Å². The van der Waals surface area contributed by atoms with Crippen LogP contribution in [0.2, 0.25) is 0 Å². The summed E-state index contributed by atoms with van der Waals surface area (Å²) in [5, 5.41) is 10.2. The highest BCUT2D eigenvalue weighted by Gasteiger charge is 2.32. The molecule has 0 aliphatic carbocycles. The van der Waals surface area contributed by atoms with E-state index in [4.69, 9.17) is 0 Å². The van der Waals surface area contributed by atoms with Gasteiger partial charge in [-0.1, -0.05) is 27.7 Å². The van der Waals surface area contributed by atoms with E-state index in [0.717, 1.165) is 24.9 Å². The molecule has 0 aromatic heterocycles. The third-order valence-corrected chi connectivity index (χ3v) is 4.04. The second kappa shape index (κ2) is 4.84. The Morgan fingerprint density at radius 3 is 2.33 bits per heavy atom. The minimum absolute atomic E-state index is 0.329. The Bertz CT molecular complexity index is 199. The summed E-state index contributed by atoms with van der Waals surface area (Å²) in [7, 11) is 0. The van der Waals surface area contributed by atoms with E-state index in [0.29, 0.717) is 5.92 Å². The van der Waals surface area contributed by atoms with Crippen LogP contribution in [0.25, 0.3) is 0 Å². The summed E-state index contributed by atoms with van der Waals surface area (Å²) in [5.41, 5.74) is -0.536. The van der Waals surface area contributed by atoms with E-state index in [-0.39, 0.29) is 0 Å². The molecule has 0 bridgehead atoms. The summed E-state index contributed by atoms with van der Waals surface area (Å²) < 4.78 is 0. The van der Waals surface area contributed by atoms with Crippen LogP contribution in [-0.4, -0.2) is 35.2 Å². The van der Waals surface area contributed by atoms with E-state index in [1.165, 1.54) is 13.0 Å². The van der Waals surface area contributed by atoms with Gasteiger partial charge in [0.05, 0.1) is 5.60 Å². The van der Waals surface area contributed by atoms with Gasteiger partial charge in [0.15, 0.2) is 0 Å². The molecule has 1 saturated heterocycles. The van der Waals surface area contributed by atoms with Gasteiger partial charge in [-0.25, -0.2) is 0 Å². The molecule has 0 aromatic rings. The Labute approximate surface area is 94.7 Å². The molecular formula is C13H27NO. The van der Waals surface area contributed by atoms with Gasteiger partial charge in [0, 0.05) is 13.1 Å². The molecule has 1 fully saturated rings. The Kier molecular flexibility index (Phi) is 4.19. The highest BCUT2D eigenvalue weighted by Crippen LogP contribution is 2.26. The Hall–Kier alpha value is -0.0800. The molecule has 2 unspecified atom stereocenters. The normalized spacial score (nSPS) is 27.6. The highest BCUT2D eigenvalue weighted by molar-refractivity contribution is 4.85. The molecular weight excluding hydrogens is 186 g/mol. The number of hydrogen-bond acceptors (Lipinski definition) is 2. The fourth-order valence-electron chi connectivity index (χ4n) is 2.19. The standard InChI is InChI=1S/C13H27NO/c1-10(2)12-6-7-14(8-12)9-13(5,15)11(3)4/h10-12,15H,6-9H2,1-5H3. The SMILES string of the molecule is CC(C)C1CCN(CC(C)(O)C(C)C)C1. The van der Waals surface area contributed by atoms with Gasteiger partial charge in [-0.2, -0.15) is 0 Å². The van der Waals surface area contributed by atoms with Crippen molar-refractivity contribution < 1.29 is 5.11 Å². The van der Waals surface area contributed by atoms with Crippen LogP contribution < -0.4 is 0 Å². The smallest absolute Gasteiger partial charge is 0.0768 e. The van der Waals surface area contributed by atoms with Crippen molar-refractivity contribution in [2.45, 2.75) is 46.6 Å². The zero-order chi connectivity index (χ0) is 11.6. The van der Waals surface area contributed by atoms with Crippen LogP contribution in [0.5, 0.6) is 0 Å². The van der Waals surface area contributed by atoms with Gasteiger partial charge in [0.25, 0.3) is 0 Å². The average molecular weight is 213 g/mol. The summed E-state index contributed by atoms with van der Waals surface area (Å²) in [4.78, 5) is 2.42. The molecule has 2 nitrogen and oxygen atoms in total. The molecule has 1 N–H and O–H groups in total. The lowest BCUT2D eigenvalue weighted by Gasteiger charge is -2.32. The van der Waals surface area contributed by atoms with Gasteiger partial charge in [0.2, 0.25) is 0 Å². The lowest BCUT2D eigenvalue weighted by atomic mass is 9.92. The molecule has 1 aliphatic heterocycles. The molecule has 1 aliphatic rings. The maximum atomic E-state index is 10.2. The van der Waals surface area contributed by atoms with Gasteiger partial charge in [0.1, 0.15) is 0 Å². The van der Waals surface area contributed by atoms with E-state index < -0.39 is 5.60 Å². The minimum atomic E-state index is -0.536. The number of β-amino-alcohol motifs (C(OH)–C–C–N with tert-alkyl or cyclic N) is 1. The topological polar surface area (TPSA) is 23.5 Å². The molecule has 15 heavy (non-hydrogen) atoms. The molecule has 0 spiro atoms. The van der Waals surface area contributed by atoms with E-state index >= 15 is 0 Å². The van der Waals surface area contributed by atoms with Crippen LogP contribution in [0.1, 0.15) is 41.0 Å². The summed E-state index contributed by atoms with van der Waals surface area (Å²) >= 11 is 0. The number of hydrogen-bond donors (Lipinski definition) is 1. The van der Waals surface area contributed by atoms with Crippen molar-refractivity contribution in [2.75, 3.05) is 19.6 Å². The predicted molar refractivity (Wildman–Crippen MR) is 64.8 cm³/mol. The first kappa shape index (κ1) is 13.0. The fourth-order valence-corrected chi connectivity index (χ4v) is 2.19. The third kappa shape index (κ3) is 3.46. The van der Waals surface area contributed by atoms with Crippen molar-refractivity contribution in [3.63, 3.8) is 0 Å². The van der Waals surface area contributed by atoms with Gasteiger partial charge < -0.3 is 10.0 Å². The minimum Gasteiger partial charge on any atom is -0.389 e. The summed E-state index contributed by atoms with van der Waals surface area (Å²) in [6.07, 6.45) is 1.30. The van der Waals surface area contributed by atoms with Crippen molar-refractivity contribution in [1.82, 2.24) is 4.90 Å². The summed E-state index contributed by atoms with van der Waals surface area (Å²) in [6.45, 7) is 13.9. The maximum absolute atomic E-state index is 10.2. The number of rotatable bonds is 4. The summed E-state index contributed by atoms with van der Waals surface area (Å²) in [5.74, 6) is 1.93. The van der Waals surface area contributed by atoms with Gasteiger partial charge in [-0.05, 0) is 37.6 Å². The number of likely N-dealkylation sites (tertiary alicyclic amines) is 1. The van der Waals surface area contributed by atoms with Crippen LogP contribution in [0, 0.1) is 17.8 Å². The van der Waals surface area contributed by atoms with Gasteiger partial charge >= 0.3 is 0 Å². The van der Waals surface area contributed by atoms with Crippen LogP contribution >= 0.6 is 0 Å². The largest absolute Gasteiger partial charge is 0.389 e. The Morgan fingerprint density at radius 1 is 1.33 bits per heavy atom. The van der Waals surface area contributed by atoms with E-state index in [1.54, 1.807) is 0 Å². The molecule has 0 aromatic carbocycles. The Balaban J connectivity index is 2.42. The quantitative estimate of drug-likeness (QED) is 0.775. The van der Waals surface area contributed by atoms with Crippen LogP contribution in [0.3, 0.4) is 0 Å². The van der Waals surface area contributed by atoms with E-state index in [2.05, 4.69) is 32.6 Å². The molecule has 0 amide bonds. The van der Waals surface area contributed by atoms with Crippen LogP contribution in [-0.2, 0) is 0 Å². The van der Waals surface area contributed by atoms with E-state index in [1.807, 2.05) is 6.92 Å². The zero-order valence-electron chi connectivity index (χ0n) is 11.0. The Morgan fingerprint density at radius 2 is 1.93 bits per heavy atom. The number of aliphatic hydroxyl groups is 1. The lowest BCUT2D eigenvalue weighted by Crippen LogP contribution is -2.43. The molecule has 2 atom stereocenters. The molecule has 90 valence electrons. The van der Waals surface area contributed by atoms with Crippen molar-refractivity contribution >= 4 is 0 Å². The number of nitrogens with zero attached hydrogens (tertiary/aromatic N) is 1. The van der Waals surface area contributed by atoms with Gasteiger partial charge in [-0.15, -0.1) is 0 Å². The second-order valence-electron chi connectivity index (χ2n) is 6.04. The fraction of sp³-hybridized carbons (Fsp3) is 1.00.